The summed E-state index contributed by atoms with van der Waals surface area (Å²) in [6.07, 6.45) is -0.855. The topological polar surface area (TPSA) is 39.9 Å². The maximum absolute atomic E-state index is 12.5. The zero-order chi connectivity index (χ0) is 15.5. The van der Waals surface area contributed by atoms with Crippen LogP contribution in [0.5, 0.6) is 5.88 Å². The summed E-state index contributed by atoms with van der Waals surface area (Å²) in [6, 6.07) is 10.9. The normalized spacial score (nSPS) is 11.3. The van der Waals surface area contributed by atoms with Crippen molar-refractivity contribution in [3.63, 3.8) is 0 Å². The first-order chi connectivity index (χ1) is 10.6. The lowest BCUT2D eigenvalue weighted by molar-refractivity contribution is 0.123. The number of nitrogens with zero attached hydrogens (tertiary/aromatic N) is 3. The van der Waals surface area contributed by atoms with Gasteiger partial charge in [0, 0.05) is 11.5 Å². The van der Waals surface area contributed by atoms with Crippen LogP contribution in [0.2, 0.25) is 0 Å². The third-order valence-corrected chi connectivity index (χ3v) is 3.54. The van der Waals surface area contributed by atoms with Crippen molar-refractivity contribution in [3.8, 4) is 5.88 Å². The molecule has 0 radical (unpaired) electrons. The van der Waals surface area contributed by atoms with Gasteiger partial charge in [-0.3, -0.25) is 4.68 Å². The number of ether oxygens (including phenoxy) is 1. The van der Waals surface area contributed by atoms with Crippen LogP contribution in [-0.2, 0) is 13.2 Å². The predicted molar refractivity (Wildman–Crippen MR) is 82.0 cm³/mol. The number of pyridine rings is 1. The third kappa shape index (κ3) is 3.41. The fourth-order valence-corrected chi connectivity index (χ4v) is 2.44. The Hall–Kier alpha value is -2.02. The van der Waals surface area contributed by atoms with Gasteiger partial charge in [0.2, 0.25) is 5.88 Å². The van der Waals surface area contributed by atoms with Crippen molar-refractivity contribution < 1.29 is 13.5 Å². The minimum atomic E-state index is -2.44. The fourth-order valence-electron chi connectivity index (χ4n) is 2.11. The molecule has 0 fully saturated rings. The molecule has 0 N–H and O–H groups in total. The zero-order valence-electron chi connectivity index (χ0n) is 11.4. The van der Waals surface area contributed by atoms with E-state index in [1.54, 1.807) is 12.3 Å². The van der Waals surface area contributed by atoms with E-state index in [0.29, 0.717) is 22.6 Å². The Kier molecular flexibility index (Phi) is 4.33. The van der Waals surface area contributed by atoms with Crippen LogP contribution in [0, 0.1) is 0 Å². The smallest absolute Gasteiger partial charge is 0.257 e. The quantitative estimate of drug-likeness (QED) is 0.639. The summed E-state index contributed by atoms with van der Waals surface area (Å²) < 4.78 is 32.7. The highest BCUT2D eigenvalue weighted by Crippen LogP contribution is 2.19. The van der Waals surface area contributed by atoms with Crippen molar-refractivity contribution in [1.29, 1.82) is 0 Å². The summed E-state index contributed by atoms with van der Waals surface area (Å²) in [5.74, 6) is 0.496. The molecule has 0 amide bonds. The van der Waals surface area contributed by atoms with E-state index in [0.717, 1.165) is 10.9 Å². The minimum Gasteiger partial charge on any atom is -0.473 e. The second-order valence-corrected chi connectivity index (χ2v) is 5.51. The van der Waals surface area contributed by atoms with Crippen LogP contribution in [-0.4, -0.2) is 21.2 Å². The van der Waals surface area contributed by atoms with E-state index in [-0.39, 0.29) is 0 Å². The molecule has 114 valence electrons. The fraction of sp³-hybridized carbons (Fsp3) is 0.200. The van der Waals surface area contributed by atoms with Gasteiger partial charge in [-0.15, -0.1) is 0 Å². The minimum absolute atomic E-state index is 0.305. The van der Waals surface area contributed by atoms with Crippen LogP contribution in [0.3, 0.4) is 0 Å². The summed E-state index contributed by atoms with van der Waals surface area (Å²) in [6.45, 7) is -0.111. The highest BCUT2D eigenvalue weighted by atomic mass is 79.9. The van der Waals surface area contributed by atoms with Gasteiger partial charge in [-0.1, -0.05) is 18.2 Å². The summed E-state index contributed by atoms with van der Waals surface area (Å²) >= 11 is 3.27. The van der Waals surface area contributed by atoms with E-state index in [2.05, 4.69) is 26.0 Å². The van der Waals surface area contributed by atoms with Gasteiger partial charge in [-0.2, -0.15) is 5.10 Å². The van der Waals surface area contributed by atoms with E-state index >= 15 is 0 Å². The molecule has 1 aromatic carbocycles. The molecule has 0 bridgehead atoms. The van der Waals surface area contributed by atoms with E-state index in [4.69, 9.17) is 4.74 Å². The van der Waals surface area contributed by atoms with E-state index in [1.165, 1.54) is 4.68 Å². The molecular weight excluding hydrogens is 356 g/mol. The lowest BCUT2D eigenvalue weighted by Gasteiger charge is -2.07. The monoisotopic (exact) mass is 367 g/mol. The number of aromatic nitrogens is 3. The third-order valence-electron chi connectivity index (χ3n) is 3.10. The largest absolute Gasteiger partial charge is 0.473 e. The van der Waals surface area contributed by atoms with Crippen LogP contribution >= 0.6 is 15.9 Å². The number of benzene rings is 1. The van der Waals surface area contributed by atoms with E-state index in [9.17, 15) is 8.78 Å². The standard InChI is InChI=1S/C15H12BrF2N3O/c16-13-2-1-3-15(20-13)22-9-10-4-5-11-7-19-21(8-14(17)18)12(11)6-10/h1-7,14H,8-9H2. The first kappa shape index (κ1) is 14.9. The van der Waals surface area contributed by atoms with Crippen LogP contribution in [0.15, 0.2) is 47.2 Å². The molecule has 0 aliphatic rings. The molecule has 3 rings (SSSR count). The average Bonchev–Trinajstić information content (AvgIpc) is 2.87. The van der Waals surface area contributed by atoms with Gasteiger partial charge in [-0.05, 0) is 33.6 Å². The first-order valence-corrected chi connectivity index (χ1v) is 7.39. The molecule has 7 heteroatoms. The maximum Gasteiger partial charge on any atom is 0.257 e. The molecule has 0 spiro atoms. The second kappa shape index (κ2) is 6.39. The van der Waals surface area contributed by atoms with Crippen LogP contribution in [0.1, 0.15) is 5.56 Å². The van der Waals surface area contributed by atoms with Gasteiger partial charge < -0.3 is 4.74 Å². The molecule has 0 aliphatic heterocycles. The van der Waals surface area contributed by atoms with Crippen LogP contribution in [0.4, 0.5) is 8.78 Å². The molecule has 2 aromatic heterocycles. The van der Waals surface area contributed by atoms with Crippen LogP contribution < -0.4 is 4.74 Å². The number of fused-ring (bicyclic) bond motifs is 1. The molecular formula is C15H12BrF2N3O. The second-order valence-electron chi connectivity index (χ2n) is 4.70. The molecule has 0 saturated carbocycles. The van der Waals surface area contributed by atoms with Crippen molar-refractivity contribution >= 4 is 26.8 Å². The molecule has 3 aromatic rings. The number of hydrogen-bond donors (Lipinski definition) is 0. The average molecular weight is 368 g/mol. The number of alkyl halides is 2. The lowest BCUT2D eigenvalue weighted by Crippen LogP contribution is -2.08. The summed E-state index contributed by atoms with van der Waals surface area (Å²) in [5.41, 5.74) is 1.54. The maximum atomic E-state index is 12.5. The van der Waals surface area contributed by atoms with Gasteiger partial charge in [0.25, 0.3) is 6.43 Å². The molecule has 4 nitrogen and oxygen atoms in total. The Morgan fingerprint density at radius 3 is 2.86 bits per heavy atom. The molecule has 0 atom stereocenters. The Labute approximate surface area is 133 Å². The van der Waals surface area contributed by atoms with E-state index < -0.39 is 13.0 Å². The van der Waals surface area contributed by atoms with Gasteiger partial charge in [0.1, 0.15) is 17.8 Å². The lowest BCUT2D eigenvalue weighted by atomic mass is 10.2. The van der Waals surface area contributed by atoms with Gasteiger partial charge in [-0.25, -0.2) is 13.8 Å². The van der Waals surface area contributed by atoms with Gasteiger partial charge in [0.15, 0.2) is 0 Å². The predicted octanol–water partition coefficient (Wildman–Crippen LogP) is 4.04. The summed E-state index contributed by atoms with van der Waals surface area (Å²) in [7, 11) is 0. The highest BCUT2D eigenvalue weighted by molar-refractivity contribution is 9.10. The molecule has 22 heavy (non-hydrogen) atoms. The van der Waals surface area contributed by atoms with Gasteiger partial charge >= 0.3 is 0 Å². The van der Waals surface area contributed by atoms with Crippen molar-refractivity contribution in [1.82, 2.24) is 14.8 Å². The molecule has 0 saturated heterocycles. The Balaban J connectivity index is 1.79. The molecule has 2 heterocycles. The molecule has 0 unspecified atom stereocenters. The first-order valence-electron chi connectivity index (χ1n) is 6.60. The summed E-state index contributed by atoms with van der Waals surface area (Å²) in [4.78, 5) is 4.18. The number of hydrogen-bond acceptors (Lipinski definition) is 3. The van der Waals surface area contributed by atoms with Crippen molar-refractivity contribution in [2.24, 2.45) is 0 Å². The highest BCUT2D eigenvalue weighted by Gasteiger charge is 2.09. The number of rotatable bonds is 5. The summed E-state index contributed by atoms with van der Waals surface area (Å²) in [5, 5.41) is 4.81. The van der Waals surface area contributed by atoms with E-state index in [1.807, 2.05) is 30.3 Å². The zero-order valence-corrected chi connectivity index (χ0v) is 13.0. The van der Waals surface area contributed by atoms with Gasteiger partial charge in [0.05, 0.1) is 11.7 Å². The van der Waals surface area contributed by atoms with Crippen LogP contribution in [0.25, 0.3) is 10.9 Å². The Morgan fingerprint density at radius 2 is 2.09 bits per heavy atom. The number of halogens is 3. The van der Waals surface area contributed by atoms with Crippen molar-refractivity contribution in [2.75, 3.05) is 0 Å². The SMILES string of the molecule is FC(F)Cn1ncc2ccc(COc3cccc(Br)n3)cc21. The Bertz CT molecular complexity index is 791. The van der Waals surface area contributed by atoms with Crippen molar-refractivity contribution in [2.45, 2.75) is 19.6 Å². The Morgan fingerprint density at radius 1 is 1.23 bits per heavy atom. The van der Waals surface area contributed by atoms with Crippen molar-refractivity contribution in [3.05, 3.63) is 52.8 Å². The molecule has 0 aliphatic carbocycles.